The van der Waals surface area contributed by atoms with Crippen LogP contribution in [0.5, 0.6) is 5.75 Å². The Morgan fingerprint density at radius 2 is 1.34 bits per heavy atom. The number of rotatable bonds is 5. The maximum atomic E-state index is 12.1. The van der Waals surface area contributed by atoms with Crippen LogP contribution >= 0.6 is 31.9 Å². The van der Waals surface area contributed by atoms with Crippen LogP contribution in [0.3, 0.4) is 0 Å². The molecule has 35 heavy (non-hydrogen) atoms. The second-order valence-electron chi connectivity index (χ2n) is 6.63. The van der Waals surface area contributed by atoms with Crippen LogP contribution in [-0.2, 0) is 9.53 Å². The summed E-state index contributed by atoms with van der Waals surface area (Å²) in [6.45, 7) is 0. The molecule has 9 nitrogen and oxygen atoms in total. The smallest absolute Gasteiger partial charge is 0.330 e. The van der Waals surface area contributed by atoms with Crippen molar-refractivity contribution in [3.8, 4) is 5.75 Å². The van der Waals surface area contributed by atoms with Crippen LogP contribution in [0.25, 0.3) is 6.08 Å². The number of para-hydroxylation sites is 3. The fourth-order valence-electron chi connectivity index (χ4n) is 2.56. The van der Waals surface area contributed by atoms with Gasteiger partial charge in [-0.25, -0.2) is 14.4 Å². The Morgan fingerprint density at radius 1 is 0.829 bits per heavy atom. The first-order valence-electron chi connectivity index (χ1n) is 9.92. The molecular weight excluding hydrogens is 584 g/mol. The van der Waals surface area contributed by atoms with Gasteiger partial charge in [-0.15, -0.1) is 0 Å². The van der Waals surface area contributed by atoms with Gasteiger partial charge in [0.1, 0.15) is 5.75 Å². The fraction of sp³-hybridized carbons (Fsp3) is 0.0417. The number of carbonyl (C=O) groups excluding carboxylic acids is 3. The number of amides is 4. The quantitative estimate of drug-likeness (QED) is 0.139. The highest BCUT2D eigenvalue weighted by Gasteiger charge is 2.10. The number of esters is 1. The molecule has 3 rings (SSSR count). The lowest BCUT2D eigenvalue weighted by Gasteiger charge is -2.11. The third-order valence-corrected chi connectivity index (χ3v) is 5.55. The zero-order valence-corrected chi connectivity index (χ0v) is 21.6. The van der Waals surface area contributed by atoms with Gasteiger partial charge in [0.2, 0.25) is 0 Å². The van der Waals surface area contributed by atoms with Gasteiger partial charge >= 0.3 is 18.0 Å². The van der Waals surface area contributed by atoms with E-state index in [-0.39, 0.29) is 11.4 Å². The third kappa shape index (κ3) is 9.14. The molecule has 4 amide bonds. The fourth-order valence-corrected chi connectivity index (χ4v) is 3.32. The minimum absolute atomic E-state index is 0.153. The minimum Gasteiger partial charge on any atom is -0.505 e. The first kappa shape index (κ1) is 27.4. The summed E-state index contributed by atoms with van der Waals surface area (Å²) in [5, 5.41) is 17.9. The molecule has 11 heteroatoms. The second-order valence-corrected chi connectivity index (χ2v) is 8.34. The number of hydrogen-bond donors (Lipinski definition) is 5. The van der Waals surface area contributed by atoms with Crippen molar-refractivity contribution < 1.29 is 24.2 Å². The molecule has 182 valence electrons. The van der Waals surface area contributed by atoms with Gasteiger partial charge in [0, 0.05) is 20.6 Å². The van der Waals surface area contributed by atoms with Gasteiger partial charge < -0.3 is 31.5 Å². The number of ether oxygens (including phenoxy) is 1. The molecule has 6 N–H and O–H groups in total. The number of benzene rings is 3. The number of hydrogen-bond acceptors (Lipinski definition) is 5. The summed E-state index contributed by atoms with van der Waals surface area (Å²) in [5.41, 5.74) is 6.79. The highest BCUT2D eigenvalue weighted by Crippen LogP contribution is 2.29. The number of nitrogens with two attached hydrogens (primary N) is 1. The Hall–Kier alpha value is -3.83. The number of methoxy groups -OCH3 is 1. The number of nitrogens with one attached hydrogen (secondary N) is 3. The second kappa shape index (κ2) is 13.8. The molecule has 0 saturated heterocycles. The molecule has 0 fully saturated rings. The lowest BCUT2D eigenvalue weighted by molar-refractivity contribution is -0.134. The molecule has 0 saturated carbocycles. The zero-order chi connectivity index (χ0) is 25.8. The van der Waals surface area contributed by atoms with E-state index in [9.17, 15) is 19.5 Å². The van der Waals surface area contributed by atoms with E-state index in [1.165, 1.54) is 19.3 Å². The molecule has 0 aliphatic carbocycles. The summed E-state index contributed by atoms with van der Waals surface area (Å²) in [5.74, 6) is -0.695. The first-order chi connectivity index (χ1) is 16.7. The molecule has 3 aromatic rings. The van der Waals surface area contributed by atoms with Crippen molar-refractivity contribution in [2.75, 3.05) is 23.1 Å². The number of aromatic hydroxyl groups is 1. The number of halogens is 2. The van der Waals surface area contributed by atoms with Gasteiger partial charge in [0.25, 0.3) is 0 Å². The van der Waals surface area contributed by atoms with Crippen molar-refractivity contribution >= 4 is 73.0 Å². The molecule has 0 bridgehead atoms. The lowest BCUT2D eigenvalue weighted by atomic mass is 10.1. The van der Waals surface area contributed by atoms with Crippen LogP contribution in [0, 0.1) is 0 Å². The van der Waals surface area contributed by atoms with Crippen molar-refractivity contribution in [2.24, 2.45) is 5.73 Å². The van der Waals surface area contributed by atoms with E-state index in [4.69, 9.17) is 5.73 Å². The van der Waals surface area contributed by atoms with Crippen molar-refractivity contribution in [1.29, 1.82) is 0 Å². The molecule has 0 heterocycles. The third-order valence-electron chi connectivity index (χ3n) is 4.17. The molecule has 0 aromatic heterocycles. The van der Waals surface area contributed by atoms with Crippen LogP contribution < -0.4 is 21.7 Å². The highest BCUT2D eigenvalue weighted by atomic mass is 79.9. The number of phenols is 1. The monoisotopic (exact) mass is 604 g/mol. The largest absolute Gasteiger partial charge is 0.505 e. The van der Waals surface area contributed by atoms with E-state index in [1.807, 2.05) is 24.3 Å². The van der Waals surface area contributed by atoms with Crippen LogP contribution in [0.2, 0.25) is 0 Å². The van der Waals surface area contributed by atoms with Crippen molar-refractivity contribution in [1.82, 2.24) is 0 Å². The molecule has 3 aromatic carbocycles. The summed E-state index contributed by atoms with van der Waals surface area (Å²) in [7, 11) is 1.26. The molecule has 0 aliphatic heterocycles. The average molecular weight is 606 g/mol. The first-order valence-corrected chi connectivity index (χ1v) is 11.5. The Bertz CT molecular complexity index is 1230. The standard InChI is InChI=1S/C17H15BrN2O4.C7H7BrN2O/c1-24-15(21)10-9-11-5-4-8-14(16(11)22)20-17(23)19-13-7-3-2-6-12(13)18;8-5-3-1-2-4-6(5)10-7(9)11/h2-10,22H,1H3,(H2,19,20,23);1-4H,(H3,9,10,11)/b10-9+;. The Labute approximate surface area is 218 Å². The Kier molecular flexibility index (Phi) is 10.8. The average Bonchev–Trinajstić information content (AvgIpc) is 2.82. The lowest BCUT2D eigenvalue weighted by Crippen LogP contribution is -2.19. The van der Waals surface area contributed by atoms with E-state index in [0.717, 1.165) is 8.95 Å². The van der Waals surface area contributed by atoms with Gasteiger partial charge in [-0.3, -0.25) is 0 Å². The van der Waals surface area contributed by atoms with Gasteiger partial charge in [-0.2, -0.15) is 0 Å². The number of carbonyl (C=O) groups is 3. The summed E-state index contributed by atoms with van der Waals surface area (Å²) in [6, 6.07) is 18.1. The van der Waals surface area contributed by atoms with Crippen molar-refractivity contribution in [2.45, 2.75) is 0 Å². The molecule has 0 unspecified atom stereocenters. The van der Waals surface area contributed by atoms with Gasteiger partial charge in [0.15, 0.2) is 0 Å². The van der Waals surface area contributed by atoms with E-state index >= 15 is 0 Å². The minimum atomic E-state index is -0.558. The summed E-state index contributed by atoms with van der Waals surface area (Å²) in [4.78, 5) is 33.6. The van der Waals surface area contributed by atoms with Gasteiger partial charge in [0.05, 0.1) is 24.2 Å². The van der Waals surface area contributed by atoms with Gasteiger partial charge in [-0.1, -0.05) is 36.4 Å². The van der Waals surface area contributed by atoms with E-state index in [2.05, 4.69) is 52.5 Å². The Morgan fingerprint density at radius 3 is 1.89 bits per heavy atom. The predicted octanol–water partition coefficient (Wildman–Crippen LogP) is 5.92. The van der Waals surface area contributed by atoms with Gasteiger partial charge in [-0.05, 0) is 68.3 Å². The normalized spacial score (nSPS) is 10.0. The maximum Gasteiger partial charge on any atom is 0.330 e. The number of urea groups is 2. The SMILES string of the molecule is COC(=O)/C=C/c1cccc(NC(=O)Nc2ccccc2Br)c1O.NC(=O)Nc1ccccc1Br. The summed E-state index contributed by atoms with van der Waals surface area (Å²) >= 11 is 6.59. The summed E-state index contributed by atoms with van der Waals surface area (Å²) < 4.78 is 6.05. The van der Waals surface area contributed by atoms with Crippen LogP contribution in [0.4, 0.5) is 26.7 Å². The Balaban J connectivity index is 0.000000328. The number of anilines is 3. The number of phenolic OH excluding ortho intramolecular Hbond substituents is 1. The zero-order valence-electron chi connectivity index (χ0n) is 18.4. The van der Waals surface area contributed by atoms with Crippen molar-refractivity contribution in [3.63, 3.8) is 0 Å². The van der Waals surface area contributed by atoms with Crippen LogP contribution in [0.1, 0.15) is 5.56 Å². The molecule has 0 aliphatic rings. The number of primary amides is 1. The molecule has 0 radical (unpaired) electrons. The topological polar surface area (TPSA) is 143 Å². The molecular formula is C24H22Br2N4O5. The predicted molar refractivity (Wildman–Crippen MR) is 143 cm³/mol. The van der Waals surface area contributed by atoms with Crippen LogP contribution in [-0.4, -0.2) is 30.2 Å². The summed E-state index contributed by atoms with van der Waals surface area (Å²) in [6.07, 6.45) is 2.58. The molecule has 0 atom stereocenters. The van der Waals surface area contributed by atoms with E-state index < -0.39 is 18.0 Å². The van der Waals surface area contributed by atoms with Crippen LogP contribution in [0.15, 0.2) is 81.8 Å². The highest BCUT2D eigenvalue weighted by molar-refractivity contribution is 9.11. The van der Waals surface area contributed by atoms with E-state index in [0.29, 0.717) is 16.9 Å². The van der Waals surface area contributed by atoms with E-state index in [1.54, 1.807) is 42.5 Å². The molecule has 0 spiro atoms. The van der Waals surface area contributed by atoms with Crippen molar-refractivity contribution in [3.05, 3.63) is 87.3 Å². The maximum absolute atomic E-state index is 12.1.